The van der Waals surface area contributed by atoms with Crippen LogP contribution in [-0.4, -0.2) is 48.8 Å². The van der Waals surface area contributed by atoms with E-state index in [-0.39, 0.29) is 17.8 Å². The molecule has 7 nitrogen and oxygen atoms in total. The highest BCUT2D eigenvalue weighted by Crippen LogP contribution is 2.34. The minimum absolute atomic E-state index is 0.0824. The third-order valence-electron chi connectivity index (χ3n) is 3.96. The molecule has 1 amide bonds. The number of carbonyl (C=O) groups excluding carboxylic acids is 1. The molecule has 2 bridgehead atoms. The van der Waals surface area contributed by atoms with Crippen LogP contribution in [0.2, 0.25) is 0 Å². The minimum Gasteiger partial charge on any atom is -0.366 e. The Bertz CT molecular complexity index is 635. The van der Waals surface area contributed by atoms with Crippen molar-refractivity contribution in [2.24, 2.45) is 5.11 Å². The highest BCUT2D eigenvalue weighted by molar-refractivity contribution is 5.93. The number of anilines is 2. The van der Waals surface area contributed by atoms with E-state index in [1.54, 1.807) is 11.4 Å². The van der Waals surface area contributed by atoms with Crippen LogP contribution < -0.4 is 15.5 Å². The fourth-order valence-electron chi connectivity index (χ4n) is 2.84. The standard InChI is InChI=1S/C13H15F3N6O/c14-13(15,16)6-18-12(23)8-1-2-10-11(19-8)20-9-5-22(10)4-3-7(9)21-17/h1-2,7,9,17H,3-6H2,(H,18,23)(H,19,20). The molecule has 0 spiro atoms. The van der Waals surface area contributed by atoms with Gasteiger partial charge < -0.3 is 15.5 Å². The summed E-state index contributed by atoms with van der Waals surface area (Å²) in [6.45, 7) is 0.00738. The Hall–Kier alpha value is -2.39. The number of fused-ring (bicyclic) bond motifs is 4. The molecule has 0 radical (unpaired) electrons. The predicted molar refractivity (Wildman–Crippen MR) is 75.8 cm³/mol. The number of carbonyl (C=O) groups is 1. The van der Waals surface area contributed by atoms with Crippen LogP contribution in [0.4, 0.5) is 24.7 Å². The number of pyridine rings is 1. The van der Waals surface area contributed by atoms with E-state index >= 15 is 0 Å². The molecule has 2 unspecified atom stereocenters. The molecule has 3 N–H and O–H groups in total. The van der Waals surface area contributed by atoms with Crippen molar-refractivity contribution < 1.29 is 18.0 Å². The molecule has 1 saturated heterocycles. The van der Waals surface area contributed by atoms with Crippen molar-refractivity contribution >= 4 is 17.4 Å². The third kappa shape index (κ3) is 3.20. The molecular weight excluding hydrogens is 313 g/mol. The second kappa shape index (κ2) is 5.67. The Kier molecular flexibility index (Phi) is 3.82. The van der Waals surface area contributed by atoms with Gasteiger partial charge in [-0.3, -0.25) is 4.79 Å². The average molecular weight is 328 g/mol. The largest absolute Gasteiger partial charge is 0.405 e. The van der Waals surface area contributed by atoms with Gasteiger partial charge in [0, 0.05) is 13.1 Å². The fourth-order valence-corrected chi connectivity index (χ4v) is 2.84. The van der Waals surface area contributed by atoms with E-state index in [0.717, 1.165) is 18.7 Å². The Morgan fingerprint density at radius 3 is 3.00 bits per heavy atom. The summed E-state index contributed by atoms with van der Waals surface area (Å²) in [4.78, 5) is 18.0. The first-order chi connectivity index (χ1) is 10.9. The molecule has 1 aromatic heterocycles. The molecule has 2 aliphatic rings. The number of nitrogens with one attached hydrogen (secondary N) is 3. The Balaban J connectivity index is 1.79. The summed E-state index contributed by atoms with van der Waals surface area (Å²) < 4.78 is 36.5. The van der Waals surface area contributed by atoms with Gasteiger partial charge in [-0.2, -0.15) is 18.3 Å². The SMILES string of the molecule is N=NC1CCN2CC1Nc1nc(C(=O)NCC(F)(F)F)ccc12. The van der Waals surface area contributed by atoms with Crippen LogP contribution >= 0.6 is 0 Å². The lowest BCUT2D eigenvalue weighted by Gasteiger charge is -2.43. The number of amides is 1. The molecule has 2 aliphatic heterocycles. The zero-order valence-corrected chi connectivity index (χ0v) is 12.0. The van der Waals surface area contributed by atoms with E-state index in [2.05, 4.69) is 20.3 Å². The minimum atomic E-state index is -4.46. The Morgan fingerprint density at radius 1 is 1.52 bits per heavy atom. The van der Waals surface area contributed by atoms with Crippen LogP contribution in [0.5, 0.6) is 0 Å². The van der Waals surface area contributed by atoms with Crippen LogP contribution in [0.25, 0.3) is 0 Å². The summed E-state index contributed by atoms with van der Waals surface area (Å²) in [5, 5.41) is 8.51. The van der Waals surface area contributed by atoms with E-state index in [0.29, 0.717) is 12.4 Å². The first-order valence-electron chi connectivity index (χ1n) is 7.11. The van der Waals surface area contributed by atoms with Gasteiger partial charge in [-0.05, 0) is 18.6 Å². The summed E-state index contributed by atoms with van der Waals surface area (Å²) in [6.07, 6.45) is -3.72. The molecule has 0 saturated carbocycles. The van der Waals surface area contributed by atoms with Crippen molar-refractivity contribution in [1.29, 1.82) is 5.53 Å². The monoisotopic (exact) mass is 328 g/mol. The second-order valence-corrected chi connectivity index (χ2v) is 5.54. The smallest absolute Gasteiger partial charge is 0.366 e. The number of hydrogen-bond donors (Lipinski definition) is 3. The quantitative estimate of drug-likeness (QED) is 0.737. The van der Waals surface area contributed by atoms with E-state index < -0.39 is 18.6 Å². The van der Waals surface area contributed by atoms with Crippen LogP contribution in [0.15, 0.2) is 17.2 Å². The molecule has 124 valence electrons. The van der Waals surface area contributed by atoms with Crippen LogP contribution in [0.1, 0.15) is 16.9 Å². The van der Waals surface area contributed by atoms with Gasteiger partial charge in [0.1, 0.15) is 12.2 Å². The lowest BCUT2D eigenvalue weighted by molar-refractivity contribution is -0.123. The number of alkyl halides is 3. The predicted octanol–water partition coefficient (Wildman–Crippen LogP) is 1.78. The van der Waals surface area contributed by atoms with Gasteiger partial charge in [0.05, 0.1) is 17.8 Å². The van der Waals surface area contributed by atoms with Gasteiger partial charge >= 0.3 is 6.18 Å². The topological polar surface area (TPSA) is 93.5 Å². The van der Waals surface area contributed by atoms with Gasteiger partial charge in [0.15, 0.2) is 5.82 Å². The normalized spacial score (nSPS) is 22.8. The maximum absolute atomic E-state index is 12.2. The van der Waals surface area contributed by atoms with E-state index in [4.69, 9.17) is 5.53 Å². The van der Waals surface area contributed by atoms with Gasteiger partial charge in [-0.1, -0.05) is 0 Å². The number of rotatable bonds is 3. The highest BCUT2D eigenvalue weighted by Gasteiger charge is 2.35. The van der Waals surface area contributed by atoms with Crippen LogP contribution in [0.3, 0.4) is 0 Å². The van der Waals surface area contributed by atoms with Gasteiger partial charge in [0.25, 0.3) is 5.91 Å². The van der Waals surface area contributed by atoms with Crippen LogP contribution in [0, 0.1) is 5.53 Å². The van der Waals surface area contributed by atoms with Gasteiger partial charge in [0.2, 0.25) is 0 Å². The molecular formula is C13H15F3N6O. The second-order valence-electron chi connectivity index (χ2n) is 5.54. The Morgan fingerprint density at radius 2 is 2.30 bits per heavy atom. The fraction of sp³-hybridized carbons (Fsp3) is 0.538. The molecule has 1 fully saturated rings. The van der Waals surface area contributed by atoms with Crippen molar-refractivity contribution in [3.05, 3.63) is 17.8 Å². The summed E-state index contributed by atoms with van der Waals surface area (Å²) in [6, 6.07) is 2.83. The lowest BCUT2D eigenvalue weighted by Crippen LogP contribution is -2.53. The van der Waals surface area contributed by atoms with E-state index in [9.17, 15) is 18.0 Å². The summed E-state index contributed by atoms with van der Waals surface area (Å²) in [7, 11) is 0. The third-order valence-corrected chi connectivity index (χ3v) is 3.96. The van der Waals surface area contributed by atoms with Crippen molar-refractivity contribution in [1.82, 2.24) is 10.3 Å². The Labute approximate surface area is 129 Å². The zero-order chi connectivity index (χ0) is 16.6. The summed E-state index contributed by atoms with van der Waals surface area (Å²) >= 11 is 0. The van der Waals surface area contributed by atoms with Crippen LogP contribution in [-0.2, 0) is 0 Å². The van der Waals surface area contributed by atoms with Crippen molar-refractivity contribution in [2.45, 2.75) is 24.7 Å². The zero-order valence-electron chi connectivity index (χ0n) is 12.0. The molecule has 2 atom stereocenters. The molecule has 3 rings (SSSR count). The average Bonchev–Trinajstić information content (AvgIpc) is 2.51. The first-order valence-corrected chi connectivity index (χ1v) is 7.11. The van der Waals surface area contributed by atoms with Crippen molar-refractivity contribution in [2.75, 3.05) is 29.9 Å². The van der Waals surface area contributed by atoms with Crippen molar-refractivity contribution in [3.8, 4) is 0 Å². The maximum Gasteiger partial charge on any atom is 0.405 e. The van der Waals surface area contributed by atoms with E-state index in [1.165, 1.54) is 6.07 Å². The van der Waals surface area contributed by atoms with Gasteiger partial charge in [-0.15, -0.1) is 0 Å². The molecule has 0 aromatic carbocycles. The number of hydrogen-bond acceptors (Lipinski definition) is 6. The highest BCUT2D eigenvalue weighted by atomic mass is 19.4. The molecule has 0 aliphatic carbocycles. The molecule has 23 heavy (non-hydrogen) atoms. The first kappa shape index (κ1) is 15.5. The number of aromatic nitrogens is 1. The number of piperidine rings is 1. The summed E-state index contributed by atoms with van der Waals surface area (Å²) in [5.41, 5.74) is 7.92. The van der Waals surface area contributed by atoms with Gasteiger partial charge in [-0.25, -0.2) is 10.5 Å². The molecule has 1 aromatic rings. The molecule has 3 heterocycles. The van der Waals surface area contributed by atoms with E-state index in [1.807, 2.05) is 0 Å². The number of nitrogens with zero attached hydrogens (tertiary/aromatic N) is 3. The summed E-state index contributed by atoms with van der Waals surface area (Å²) in [5.74, 6) is -0.436. The lowest BCUT2D eigenvalue weighted by atomic mass is 9.97. The maximum atomic E-state index is 12.2. The number of halogens is 3. The van der Waals surface area contributed by atoms with Crippen molar-refractivity contribution in [3.63, 3.8) is 0 Å². The molecule has 10 heteroatoms.